The summed E-state index contributed by atoms with van der Waals surface area (Å²) in [6.07, 6.45) is 7.77. The number of nitrogens with zero attached hydrogens (tertiary/aromatic N) is 2. The minimum atomic E-state index is 0.222. The Bertz CT molecular complexity index is 716. The van der Waals surface area contributed by atoms with E-state index in [1.54, 1.807) is 0 Å². The van der Waals surface area contributed by atoms with Crippen molar-refractivity contribution in [1.29, 1.82) is 0 Å². The van der Waals surface area contributed by atoms with Crippen LogP contribution in [0.15, 0.2) is 55.0 Å². The number of fused-ring (bicyclic) bond motifs is 1. The summed E-state index contributed by atoms with van der Waals surface area (Å²) in [5.41, 5.74) is 10.0. The molecule has 0 fully saturated rings. The number of para-hydroxylation sites is 1. The topological polar surface area (TPSA) is 43.8 Å². The van der Waals surface area contributed by atoms with E-state index in [-0.39, 0.29) is 6.04 Å². The molecular weight excluding hydrogens is 258 g/mol. The summed E-state index contributed by atoms with van der Waals surface area (Å²) < 4.78 is 2.31. The molecule has 0 aliphatic carbocycles. The van der Waals surface area contributed by atoms with Gasteiger partial charge in [0.1, 0.15) is 0 Å². The van der Waals surface area contributed by atoms with Crippen LogP contribution in [0.25, 0.3) is 10.9 Å². The van der Waals surface area contributed by atoms with E-state index in [0.717, 1.165) is 19.4 Å². The standard InChI is InChI=1S/C18H21N3/c1-2-17(19)12-16-5-3-4-15-8-11-21(18(15)16)13-14-6-9-20-10-7-14/h3-11,17H,2,12-13,19H2,1H3. The first-order chi connectivity index (χ1) is 10.3. The molecule has 3 heteroatoms. The number of hydrogen-bond acceptors (Lipinski definition) is 2. The first kappa shape index (κ1) is 13.8. The molecule has 1 atom stereocenters. The van der Waals surface area contributed by atoms with E-state index in [9.17, 15) is 0 Å². The van der Waals surface area contributed by atoms with E-state index in [1.165, 1.54) is 22.0 Å². The van der Waals surface area contributed by atoms with Gasteiger partial charge >= 0.3 is 0 Å². The summed E-state index contributed by atoms with van der Waals surface area (Å²) in [5.74, 6) is 0. The fourth-order valence-corrected chi connectivity index (χ4v) is 2.75. The molecule has 2 heterocycles. The lowest BCUT2D eigenvalue weighted by Gasteiger charge is -2.13. The Hall–Kier alpha value is -2.13. The van der Waals surface area contributed by atoms with E-state index in [0.29, 0.717) is 0 Å². The molecule has 1 aromatic carbocycles. The molecule has 0 aliphatic heterocycles. The van der Waals surface area contributed by atoms with Gasteiger partial charge in [0, 0.05) is 31.2 Å². The Morgan fingerprint density at radius 3 is 2.71 bits per heavy atom. The molecule has 0 saturated heterocycles. The van der Waals surface area contributed by atoms with Gasteiger partial charge in [0.15, 0.2) is 0 Å². The van der Waals surface area contributed by atoms with Crippen molar-refractivity contribution in [3.05, 3.63) is 66.1 Å². The van der Waals surface area contributed by atoms with Crippen molar-refractivity contribution in [2.24, 2.45) is 5.73 Å². The first-order valence-corrected chi connectivity index (χ1v) is 7.49. The summed E-state index contributed by atoms with van der Waals surface area (Å²) in [4.78, 5) is 4.08. The van der Waals surface area contributed by atoms with E-state index in [4.69, 9.17) is 5.73 Å². The summed E-state index contributed by atoms with van der Waals surface area (Å²) in [7, 11) is 0. The van der Waals surface area contributed by atoms with Gasteiger partial charge in [-0.05, 0) is 47.6 Å². The number of pyridine rings is 1. The minimum absolute atomic E-state index is 0.222. The molecule has 0 aliphatic rings. The molecule has 0 saturated carbocycles. The maximum absolute atomic E-state index is 6.15. The van der Waals surface area contributed by atoms with Crippen molar-refractivity contribution >= 4 is 10.9 Å². The lowest BCUT2D eigenvalue weighted by atomic mass is 10.0. The molecule has 3 rings (SSSR count). The zero-order chi connectivity index (χ0) is 14.7. The highest BCUT2D eigenvalue weighted by atomic mass is 15.0. The van der Waals surface area contributed by atoms with Gasteiger partial charge in [-0.3, -0.25) is 4.98 Å². The van der Waals surface area contributed by atoms with Crippen LogP contribution < -0.4 is 5.73 Å². The van der Waals surface area contributed by atoms with Gasteiger partial charge in [0.05, 0.1) is 5.52 Å². The average molecular weight is 279 g/mol. The maximum Gasteiger partial charge on any atom is 0.0516 e. The van der Waals surface area contributed by atoms with Crippen LogP contribution in [0.4, 0.5) is 0 Å². The third kappa shape index (κ3) is 2.98. The Balaban J connectivity index is 1.99. The Labute approximate surface area is 125 Å². The van der Waals surface area contributed by atoms with Gasteiger partial charge in [-0.1, -0.05) is 25.1 Å². The molecular formula is C18H21N3. The second kappa shape index (κ2) is 6.10. The van der Waals surface area contributed by atoms with Crippen LogP contribution in [0.3, 0.4) is 0 Å². The predicted octanol–water partition coefficient (Wildman–Crippen LogP) is 3.36. The Morgan fingerprint density at radius 2 is 1.95 bits per heavy atom. The number of rotatable bonds is 5. The molecule has 1 unspecified atom stereocenters. The number of benzene rings is 1. The van der Waals surface area contributed by atoms with Crippen molar-refractivity contribution in [2.45, 2.75) is 32.4 Å². The fourth-order valence-electron chi connectivity index (χ4n) is 2.75. The fraction of sp³-hybridized carbons (Fsp3) is 0.278. The molecule has 3 aromatic rings. The van der Waals surface area contributed by atoms with Crippen LogP contribution in [0, 0.1) is 0 Å². The molecule has 2 N–H and O–H groups in total. The lowest BCUT2D eigenvalue weighted by Crippen LogP contribution is -2.21. The van der Waals surface area contributed by atoms with Crippen molar-refractivity contribution in [2.75, 3.05) is 0 Å². The van der Waals surface area contributed by atoms with Gasteiger partial charge in [-0.25, -0.2) is 0 Å². The molecule has 21 heavy (non-hydrogen) atoms. The zero-order valence-electron chi connectivity index (χ0n) is 12.4. The average Bonchev–Trinajstić information content (AvgIpc) is 2.92. The molecule has 0 spiro atoms. The molecule has 2 aromatic heterocycles. The second-order valence-electron chi connectivity index (χ2n) is 5.53. The van der Waals surface area contributed by atoms with Crippen LogP contribution in [-0.2, 0) is 13.0 Å². The molecule has 0 bridgehead atoms. The van der Waals surface area contributed by atoms with Gasteiger partial charge in [-0.2, -0.15) is 0 Å². The van der Waals surface area contributed by atoms with Crippen LogP contribution in [0.1, 0.15) is 24.5 Å². The third-order valence-corrected chi connectivity index (χ3v) is 3.98. The van der Waals surface area contributed by atoms with Crippen molar-refractivity contribution in [3.63, 3.8) is 0 Å². The summed E-state index contributed by atoms with van der Waals surface area (Å²) >= 11 is 0. The number of nitrogens with two attached hydrogens (primary N) is 1. The van der Waals surface area contributed by atoms with E-state index >= 15 is 0 Å². The zero-order valence-corrected chi connectivity index (χ0v) is 12.4. The van der Waals surface area contributed by atoms with Crippen molar-refractivity contribution in [1.82, 2.24) is 9.55 Å². The highest BCUT2D eigenvalue weighted by molar-refractivity contribution is 5.83. The maximum atomic E-state index is 6.15. The van der Waals surface area contributed by atoms with Gasteiger partial charge in [0.25, 0.3) is 0 Å². The summed E-state index contributed by atoms with van der Waals surface area (Å²) in [6, 6.07) is 13.0. The van der Waals surface area contributed by atoms with Crippen LogP contribution in [-0.4, -0.2) is 15.6 Å². The highest BCUT2D eigenvalue weighted by Gasteiger charge is 2.09. The van der Waals surface area contributed by atoms with Crippen LogP contribution in [0.2, 0.25) is 0 Å². The van der Waals surface area contributed by atoms with Crippen LogP contribution in [0.5, 0.6) is 0 Å². The van der Waals surface area contributed by atoms with Gasteiger partial charge < -0.3 is 10.3 Å². The lowest BCUT2D eigenvalue weighted by molar-refractivity contribution is 0.646. The van der Waals surface area contributed by atoms with Crippen LogP contribution >= 0.6 is 0 Å². The SMILES string of the molecule is CCC(N)Cc1cccc2ccn(Cc3ccncc3)c12. The Morgan fingerprint density at radius 1 is 1.14 bits per heavy atom. The van der Waals surface area contributed by atoms with E-state index in [2.05, 4.69) is 59.1 Å². The quantitative estimate of drug-likeness (QED) is 0.778. The number of hydrogen-bond donors (Lipinski definition) is 1. The first-order valence-electron chi connectivity index (χ1n) is 7.49. The molecule has 3 nitrogen and oxygen atoms in total. The smallest absolute Gasteiger partial charge is 0.0516 e. The minimum Gasteiger partial charge on any atom is -0.343 e. The Kier molecular flexibility index (Phi) is 4.02. The normalized spacial score (nSPS) is 12.7. The second-order valence-corrected chi connectivity index (χ2v) is 5.53. The number of aromatic nitrogens is 2. The predicted molar refractivity (Wildman–Crippen MR) is 87.2 cm³/mol. The van der Waals surface area contributed by atoms with E-state index < -0.39 is 0 Å². The van der Waals surface area contributed by atoms with Gasteiger partial charge in [0.2, 0.25) is 0 Å². The molecule has 0 amide bonds. The van der Waals surface area contributed by atoms with Crippen molar-refractivity contribution in [3.8, 4) is 0 Å². The van der Waals surface area contributed by atoms with Gasteiger partial charge in [-0.15, -0.1) is 0 Å². The largest absolute Gasteiger partial charge is 0.343 e. The molecule has 108 valence electrons. The third-order valence-electron chi connectivity index (χ3n) is 3.98. The van der Waals surface area contributed by atoms with Crippen molar-refractivity contribution < 1.29 is 0 Å². The molecule has 0 radical (unpaired) electrons. The highest BCUT2D eigenvalue weighted by Crippen LogP contribution is 2.22. The van der Waals surface area contributed by atoms with E-state index in [1.807, 2.05) is 12.4 Å². The summed E-state index contributed by atoms with van der Waals surface area (Å²) in [5, 5.41) is 1.28. The monoisotopic (exact) mass is 279 g/mol. The summed E-state index contributed by atoms with van der Waals surface area (Å²) in [6.45, 7) is 3.01.